The predicted molar refractivity (Wildman–Crippen MR) is 176 cm³/mol. The molecule has 4 heteroatoms. The summed E-state index contributed by atoms with van der Waals surface area (Å²) in [6, 6.07) is 50.5. The Kier molecular flexibility index (Phi) is 6.08. The monoisotopic (exact) mass is 550 g/mol. The molecule has 0 aliphatic rings. The fourth-order valence-electron chi connectivity index (χ4n) is 5.83. The second kappa shape index (κ2) is 10.5. The van der Waals surface area contributed by atoms with E-state index in [0.29, 0.717) is 5.82 Å². The summed E-state index contributed by atoms with van der Waals surface area (Å²) in [5, 5.41) is 2.43. The van der Waals surface area contributed by atoms with Crippen molar-refractivity contribution in [3.63, 3.8) is 0 Å². The molecule has 8 rings (SSSR count). The number of nitrogens with zero attached hydrogens (tertiary/aromatic N) is 4. The van der Waals surface area contributed by atoms with Crippen molar-refractivity contribution in [1.82, 2.24) is 19.5 Å². The molecule has 0 fully saturated rings. The quantitative estimate of drug-likeness (QED) is 0.214. The van der Waals surface area contributed by atoms with Crippen molar-refractivity contribution in [2.45, 2.75) is 0 Å². The van der Waals surface area contributed by atoms with Crippen LogP contribution in [-0.2, 0) is 0 Å². The van der Waals surface area contributed by atoms with E-state index in [1.807, 2.05) is 48.8 Å². The SMILES string of the molecule is c1ccc(-c2cc(-c3cccc(-c4ccc(-n5c6ccccc6c6ccncc65)cc4)c3)nc(-c3ccccc3)n2)cc1. The Bertz CT molecular complexity index is 2110. The minimum Gasteiger partial charge on any atom is -0.308 e. The fourth-order valence-corrected chi connectivity index (χ4v) is 5.83. The molecule has 0 spiro atoms. The van der Waals surface area contributed by atoms with E-state index in [9.17, 15) is 0 Å². The molecule has 8 aromatic rings. The van der Waals surface area contributed by atoms with E-state index in [-0.39, 0.29) is 0 Å². The van der Waals surface area contributed by atoms with Gasteiger partial charge in [0, 0.05) is 39.3 Å². The van der Waals surface area contributed by atoms with Crippen LogP contribution in [0.4, 0.5) is 0 Å². The molecular weight excluding hydrogens is 524 g/mol. The van der Waals surface area contributed by atoms with Gasteiger partial charge in [-0.25, -0.2) is 9.97 Å². The van der Waals surface area contributed by atoms with E-state index in [4.69, 9.17) is 9.97 Å². The first-order chi connectivity index (χ1) is 21.3. The number of benzene rings is 5. The van der Waals surface area contributed by atoms with Crippen molar-refractivity contribution < 1.29 is 0 Å². The van der Waals surface area contributed by atoms with E-state index < -0.39 is 0 Å². The zero-order valence-corrected chi connectivity index (χ0v) is 23.3. The molecule has 43 heavy (non-hydrogen) atoms. The summed E-state index contributed by atoms with van der Waals surface area (Å²) in [6.07, 6.45) is 3.81. The predicted octanol–water partition coefficient (Wildman–Crippen LogP) is 9.64. The first kappa shape index (κ1) is 24.9. The van der Waals surface area contributed by atoms with Gasteiger partial charge in [-0.2, -0.15) is 0 Å². The second-order valence-electron chi connectivity index (χ2n) is 10.6. The van der Waals surface area contributed by atoms with E-state index in [1.54, 1.807) is 0 Å². The van der Waals surface area contributed by atoms with Gasteiger partial charge in [0.1, 0.15) is 0 Å². The van der Waals surface area contributed by atoms with Crippen molar-refractivity contribution in [2.75, 3.05) is 0 Å². The van der Waals surface area contributed by atoms with Crippen LogP contribution < -0.4 is 0 Å². The van der Waals surface area contributed by atoms with Crippen molar-refractivity contribution >= 4 is 21.8 Å². The molecule has 3 aromatic heterocycles. The largest absolute Gasteiger partial charge is 0.308 e. The van der Waals surface area contributed by atoms with Crippen molar-refractivity contribution in [3.05, 3.63) is 158 Å². The maximum Gasteiger partial charge on any atom is 0.160 e. The number of hydrogen-bond acceptors (Lipinski definition) is 3. The number of aromatic nitrogens is 4. The van der Waals surface area contributed by atoms with Crippen LogP contribution in [0.25, 0.3) is 72.5 Å². The smallest absolute Gasteiger partial charge is 0.160 e. The fraction of sp³-hybridized carbons (Fsp3) is 0. The van der Waals surface area contributed by atoms with Gasteiger partial charge in [0.05, 0.1) is 28.6 Å². The molecule has 0 saturated carbocycles. The summed E-state index contributed by atoms with van der Waals surface area (Å²) in [6.45, 7) is 0. The normalized spacial score (nSPS) is 11.3. The highest BCUT2D eigenvalue weighted by atomic mass is 15.0. The topological polar surface area (TPSA) is 43.6 Å². The molecule has 0 aliphatic heterocycles. The Labute approximate surface area is 249 Å². The van der Waals surface area contributed by atoms with E-state index in [0.717, 1.165) is 50.4 Å². The van der Waals surface area contributed by atoms with Crippen LogP contribution in [0, 0.1) is 0 Å². The first-order valence-electron chi connectivity index (χ1n) is 14.4. The Morgan fingerprint density at radius 1 is 0.419 bits per heavy atom. The van der Waals surface area contributed by atoms with Crippen LogP contribution in [0.5, 0.6) is 0 Å². The molecule has 5 aromatic carbocycles. The molecule has 0 bridgehead atoms. The Morgan fingerprint density at radius 2 is 1.05 bits per heavy atom. The molecule has 0 aliphatic carbocycles. The van der Waals surface area contributed by atoms with Gasteiger partial charge in [-0.3, -0.25) is 4.98 Å². The van der Waals surface area contributed by atoms with Gasteiger partial charge in [0.15, 0.2) is 5.82 Å². The zero-order valence-electron chi connectivity index (χ0n) is 23.3. The van der Waals surface area contributed by atoms with E-state index in [1.165, 1.54) is 16.3 Å². The third-order valence-electron chi connectivity index (χ3n) is 7.92. The molecule has 3 heterocycles. The minimum atomic E-state index is 0.715. The molecule has 0 N–H and O–H groups in total. The molecule has 202 valence electrons. The van der Waals surface area contributed by atoms with Crippen molar-refractivity contribution in [1.29, 1.82) is 0 Å². The Morgan fingerprint density at radius 3 is 1.84 bits per heavy atom. The summed E-state index contributed by atoms with van der Waals surface area (Å²) in [7, 11) is 0. The average Bonchev–Trinajstić information content (AvgIpc) is 3.43. The van der Waals surface area contributed by atoms with Gasteiger partial charge in [0.2, 0.25) is 0 Å². The van der Waals surface area contributed by atoms with Crippen LogP contribution >= 0.6 is 0 Å². The summed E-state index contributed by atoms with van der Waals surface area (Å²) >= 11 is 0. The number of hydrogen-bond donors (Lipinski definition) is 0. The maximum absolute atomic E-state index is 5.02. The number of rotatable bonds is 5. The molecule has 4 nitrogen and oxygen atoms in total. The van der Waals surface area contributed by atoms with Crippen LogP contribution in [0.15, 0.2) is 158 Å². The lowest BCUT2D eigenvalue weighted by Gasteiger charge is -2.11. The number of pyridine rings is 1. The van der Waals surface area contributed by atoms with E-state index >= 15 is 0 Å². The van der Waals surface area contributed by atoms with Crippen LogP contribution in [0.1, 0.15) is 0 Å². The van der Waals surface area contributed by atoms with Crippen LogP contribution in [-0.4, -0.2) is 19.5 Å². The summed E-state index contributed by atoms with van der Waals surface area (Å²) in [5.74, 6) is 0.715. The lowest BCUT2D eigenvalue weighted by atomic mass is 10.0. The third kappa shape index (κ3) is 4.55. The summed E-state index contributed by atoms with van der Waals surface area (Å²) in [4.78, 5) is 14.4. The van der Waals surface area contributed by atoms with Gasteiger partial charge in [-0.1, -0.05) is 109 Å². The lowest BCUT2D eigenvalue weighted by molar-refractivity contribution is 1.17. The molecule has 0 amide bonds. The van der Waals surface area contributed by atoms with Gasteiger partial charge in [-0.05, 0) is 47.5 Å². The Hall–Kier alpha value is -5.87. The Balaban J connectivity index is 1.20. The van der Waals surface area contributed by atoms with Gasteiger partial charge >= 0.3 is 0 Å². The highest BCUT2D eigenvalue weighted by molar-refractivity contribution is 6.08. The number of fused-ring (bicyclic) bond motifs is 3. The molecular formula is C39H26N4. The molecule has 0 radical (unpaired) electrons. The first-order valence-corrected chi connectivity index (χ1v) is 14.4. The standard InChI is InChI=1S/C39H26N4/c1-3-10-28(11-4-1)35-25-36(42-39(41-35)29-12-5-2-6-13-29)31-15-9-14-30(24-31)27-18-20-32(21-19-27)43-37-17-8-7-16-33(37)34-22-23-40-26-38(34)43/h1-26H. The highest BCUT2D eigenvalue weighted by Crippen LogP contribution is 2.33. The summed E-state index contributed by atoms with van der Waals surface area (Å²) < 4.78 is 2.29. The highest BCUT2D eigenvalue weighted by Gasteiger charge is 2.13. The van der Waals surface area contributed by atoms with E-state index in [2.05, 4.69) is 119 Å². The maximum atomic E-state index is 5.02. The second-order valence-corrected chi connectivity index (χ2v) is 10.6. The van der Waals surface area contributed by atoms with Crippen LogP contribution in [0.2, 0.25) is 0 Å². The van der Waals surface area contributed by atoms with Crippen LogP contribution in [0.3, 0.4) is 0 Å². The zero-order chi connectivity index (χ0) is 28.6. The number of para-hydroxylation sites is 1. The molecule has 0 saturated heterocycles. The van der Waals surface area contributed by atoms with Gasteiger partial charge in [0.25, 0.3) is 0 Å². The average molecular weight is 551 g/mol. The summed E-state index contributed by atoms with van der Waals surface area (Å²) in [5.41, 5.74) is 10.6. The lowest BCUT2D eigenvalue weighted by Crippen LogP contribution is -1.96. The molecule has 0 atom stereocenters. The van der Waals surface area contributed by atoms with Gasteiger partial charge < -0.3 is 4.57 Å². The molecule has 0 unspecified atom stereocenters. The van der Waals surface area contributed by atoms with Crippen molar-refractivity contribution in [3.8, 4) is 50.7 Å². The van der Waals surface area contributed by atoms with Gasteiger partial charge in [-0.15, -0.1) is 0 Å². The minimum absolute atomic E-state index is 0.715. The third-order valence-corrected chi connectivity index (χ3v) is 7.92. The van der Waals surface area contributed by atoms with Crippen molar-refractivity contribution in [2.24, 2.45) is 0 Å².